The maximum absolute atomic E-state index is 5.61. The molecule has 15 heavy (non-hydrogen) atoms. The number of rotatable bonds is 5. The average molecular weight is 229 g/mol. The van der Waals surface area contributed by atoms with Crippen LogP contribution in [0.15, 0.2) is 0 Å². The van der Waals surface area contributed by atoms with Gasteiger partial charge in [0.25, 0.3) is 0 Å². The van der Waals surface area contributed by atoms with Crippen LogP contribution in [0.2, 0.25) is 0 Å². The molecule has 0 amide bonds. The lowest BCUT2D eigenvalue weighted by Crippen LogP contribution is -2.40. The molecule has 0 aromatic heterocycles. The van der Waals surface area contributed by atoms with Gasteiger partial charge in [0, 0.05) is 25.0 Å². The van der Waals surface area contributed by atoms with Gasteiger partial charge in [0.05, 0.1) is 4.99 Å². The first-order valence-electron chi connectivity index (χ1n) is 5.68. The molecular weight excluding hydrogens is 206 g/mol. The van der Waals surface area contributed by atoms with E-state index >= 15 is 0 Å². The summed E-state index contributed by atoms with van der Waals surface area (Å²) in [5.74, 6) is 0.316. The van der Waals surface area contributed by atoms with E-state index in [1.807, 2.05) is 0 Å². The summed E-state index contributed by atoms with van der Waals surface area (Å²) in [4.78, 5) is 5.42. The fraction of sp³-hybridized carbons (Fsp3) is 0.909. The second-order valence-corrected chi connectivity index (χ2v) is 5.27. The minimum atomic E-state index is 0.316. The monoisotopic (exact) mass is 229 g/mol. The highest BCUT2D eigenvalue weighted by Gasteiger charge is 2.22. The van der Waals surface area contributed by atoms with Crippen molar-refractivity contribution in [1.29, 1.82) is 0 Å². The van der Waals surface area contributed by atoms with Crippen LogP contribution in [-0.4, -0.2) is 54.6 Å². The standard InChI is InChI=1S/C11H23N3S/c1-9(11(12)15)7-13(2)8-10-5-4-6-14(10)3/h9-10H,4-8H2,1-3H3,(H2,12,15). The van der Waals surface area contributed by atoms with E-state index in [1.165, 1.54) is 19.4 Å². The number of likely N-dealkylation sites (tertiary alicyclic amines) is 1. The summed E-state index contributed by atoms with van der Waals surface area (Å²) in [6.45, 7) is 5.43. The van der Waals surface area contributed by atoms with Gasteiger partial charge >= 0.3 is 0 Å². The minimum absolute atomic E-state index is 0.316. The first-order valence-corrected chi connectivity index (χ1v) is 6.09. The van der Waals surface area contributed by atoms with Gasteiger partial charge in [-0.25, -0.2) is 0 Å². The molecule has 2 atom stereocenters. The van der Waals surface area contributed by atoms with Crippen molar-refractivity contribution in [3.8, 4) is 0 Å². The van der Waals surface area contributed by atoms with E-state index in [0.29, 0.717) is 16.9 Å². The lowest BCUT2D eigenvalue weighted by atomic mass is 10.1. The van der Waals surface area contributed by atoms with Gasteiger partial charge in [0.2, 0.25) is 0 Å². The third-order valence-corrected chi connectivity index (χ3v) is 3.67. The number of nitrogens with zero attached hydrogens (tertiary/aromatic N) is 2. The number of likely N-dealkylation sites (N-methyl/N-ethyl adjacent to an activating group) is 2. The second-order valence-electron chi connectivity index (χ2n) is 4.80. The van der Waals surface area contributed by atoms with Gasteiger partial charge in [-0.2, -0.15) is 0 Å². The Morgan fingerprint density at radius 2 is 2.33 bits per heavy atom. The summed E-state index contributed by atoms with van der Waals surface area (Å²) in [5, 5.41) is 0. The number of nitrogens with two attached hydrogens (primary N) is 1. The van der Waals surface area contributed by atoms with Gasteiger partial charge in [-0.1, -0.05) is 19.1 Å². The Kier molecular flexibility index (Phi) is 4.96. The number of hydrogen-bond acceptors (Lipinski definition) is 3. The molecule has 0 bridgehead atoms. The summed E-state index contributed by atoms with van der Waals surface area (Å²) in [6.07, 6.45) is 2.65. The maximum Gasteiger partial charge on any atom is 0.0768 e. The van der Waals surface area contributed by atoms with Crippen LogP contribution in [0.4, 0.5) is 0 Å². The van der Waals surface area contributed by atoms with Gasteiger partial charge in [0.1, 0.15) is 0 Å². The Morgan fingerprint density at radius 1 is 1.67 bits per heavy atom. The molecule has 1 fully saturated rings. The van der Waals surface area contributed by atoms with Crippen molar-refractivity contribution in [1.82, 2.24) is 9.80 Å². The minimum Gasteiger partial charge on any atom is -0.393 e. The molecule has 0 saturated carbocycles. The highest BCUT2D eigenvalue weighted by atomic mass is 32.1. The van der Waals surface area contributed by atoms with Crippen molar-refractivity contribution in [2.75, 3.05) is 33.7 Å². The molecule has 4 heteroatoms. The predicted octanol–water partition coefficient (Wildman–Crippen LogP) is 0.935. The molecule has 1 aliphatic rings. The summed E-state index contributed by atoms with van der Waals surface area (Å²) >= 11 is 4.98. The van der Waals surface area contributed by atoms with Gasteiger partial charge < -0.3 is 15.5 Å². The van der Waals surface area contributed by atoms with Crippen molar-refractivity contribution in [3.63, 3.8) is 0 Å². The lowest BCUT2D eigenvalue weighted by Gasteiger charge is -2.27. The fourth-order valence-corrected chi connectivity index (χ4v) is 2.28. The Labute approximate surface area is 98.6 Å². The van der Waals surface area contributed by atoms with Crippen LogP contribution in [0.5, 0.6) is 0 Å². The van der Waals surface area contributed by atoms with E-state index < -0.39 is 0 Å². The largest absolute Gasteiger partial charge is 0.393 e. The lowest BCUT2D eigenvalue weighted by molar-refractivity contribution is 0.213. The first-order chi connectivity index (χ1) is 7.00. The van der Waals surface area contributed by atoms with Crippen LogP contribution in [0.1, 0.15) is 19.8 Å². The number of thiocarbonyl (C=S) groups is 1. The molecule has 0 aromatic carbocycles. The molecule has 0 spiro atoms. The van der Waals surface area contributed by atoms with Crippen LogP contribution < -0.4 is 5.73 Å². The highest BCUT2D eigenvalue weighted by molar-refractivity contribution is 7.80. The Balaban J connectivity index is 2.29. The molecule has 3 nitrogen and oxygen atoms in total. The van der Waals surface area contributed by atoms with Crippen molar-refractivity contribution in [2.45, 2.75) is 25.8 Å². The van der Waals surface area contributed by atoms with E-state index in [4.69, 9.17) is 18.0 Å². The molecule has 1 rings (SSSR count). The third-order valence-electron chi connectivity index (χ3n) is 3.27. The zero-order chi connectivity index (χ0) is 11.4. The summed E-state index contributed by atoms with van der Waals surface area (Å²) in [6, 6.07) is 0.716. The summed E-state index contributed by atoms with van der Waals surface area (Å²) < 4.78 is 0. The maximum atomic E-state index is 5.61. The van der Waals surface area contributed by atoms with Crippen LogP contribution in [0.25, 0.3) is 0 Å². The predicted molar refractivity (Wildman–Crippen MR) is 69.1 cm³/mol. The summed E-state index contributed by atoms with van der Waals surface area (Å²) in [7, 11) is 4.36. The van der Waals surface area contributed by atoms with Crippen LogP contribution >= 0.6 is 12.2 Å². The molecule has 0 aliphatic carbocycles. The highest BCUT2D eigenvalue weighted by Crippen LogP contribution is 2.15. The molecule has 1 heterocycles. The van der Waals surface area contributed by atoms with Crippen molar-refractivity contribution in [2.24, 2.45) is 11.7 Å². The van der Waals surface area contributed by atoms with Crippen LogP contribution in [0.3, 0.4) is 0 Å². The molecule has 0 radical (unpaired) electrons. The molecular formula is C11H23N3S. The Hall–Kier alpha value is -0.190. The van der Waals surface area contributed by atoms with E-state index in [1.54, 1.807) is 0 Å². The Morgan fingerprint density at radius 3 is 2.80 bits per heavy atom. The fourth-order valence-electron chi connectivity index (χ4n) is 2.20. The molecule has 2 unspecified atom stereocenters. The zero-order valence-electron chi connectivity index (χ0n) is 10.1. The quantitative estimate of drug-likeness (QED) is 0.711. The van der Waals surface area contributed by atoms with E-state index in [9.17, 15) is 0 Å². The average Bonchev–Trinajstić information content (AvgIpc) is 2.51. The molecule has 88 valence electrons. The SMILES string of the molecule is CC(CN(C)CC1CCCN1C)C(N)=S. The van der Waals surface area contributed by atoms with Crippen molar-refractivity contribution < 1.29 is 0 Å². The summed E-state index contributed by atoms with van der Waals surface area (Å²) in [5.41, 5.74) is 5.61. The second kappa shape index (κ2) is 5.77. The van der Waals surface area contributed by atoms with Gasteiger partial charge in [-0.15, -0.1) is 0 Å². The third kappa shape index (κ3) is 4.05. The molecule has 0 aromatic rings. The van der Waals surface area contributed by atoms with E-state index in [-0.39, 0.29) is 0 Å². The first kappa shape index (κ1) is 12.9. The normalized spacial score (nSPS) is 24.7. The van der Waals surface area contributed by atoms with Crippen molar-refractivity contribution in [3.05, 3.63) is 0 Å². The smallest absolute Gasteiger partial charge is 0.0768 e. The van der Waals surface area contributed by atoms with Gasteiger partial charge in [-0.05, 0) is 33.5 Å². The van der Waals surface area contributed by atoms with Gasteiger partial charge in [-0.3, -0.25) is 0 Å². The van der Waals surface area contributed by atoms with Gasteiger partial charge in [0.15, 0.2) is 0 Å². The molecule has 2 N–H and O–H groups in total. The molecule has 1 saturated heterocycles. The van der Waals surface area contributed by atoms with Crippen molar-refractivity contribution >= 4 is 17.2 Å². The van der Waals surface area contributed by atoms with Crippen LogP contribution in [-0.2, 0) is 0 Å². The van der Waals surface area contributed by atoms with E-state index in [0.717, 1.165) is 13.1 Å². The molecule has 1 aliphatic heterocycles. The number of hydrogen-bond donors (Lipinski definition) is 1. The van der Waals surface area contributed by atoms with Crippen LogP contribution in [0, 0.1) is 5.92 Å². The zero-order valence-corrected chi connectivity index (χ0v) is 10.9. The van der Waals surface area contributed by atoms with E-state index in [2.05, 4.69) is 30.8 Å². The topological polar surface area (TPSA) is 32.5 Å². The Bertz CT molecular complexity index is 220.